The quantitative estimate of drug-likeness (QED) is 0.825. The molecule has 1 saturated carbocycles. The van der Waals surface area contributed by atoms with Gasteiger partial charge < -0.3 is 5.11 Å². The lowest BCUT2D eigenvalue weighted by Gasteiger charge is -2.49. The van der Waals surface area contributed by atoms with E-state index in [9.17, 15) is 4.79 Å². The minimum absolute atomic E-state index is 0.122. The van der Waals surface area contributed by atoms with Crippen molar-refractivity contribution >= 4 is 5.97 Å². The molecule has 3 nitrogen and oxygen atoms in total. The molecule has 1 fully saturated rings. The molecule has 0 aromatic heterocycles. The van der Waals surface area contributed by atoms with Gasteiger partial charge in [0.1, 0.15) is 0 Å². The first-order valence-electron chi connectivity index (χ1n) is 7.54. The Kier molecular flexibility index (Phi) is 5.05. The van der Waals surface area contributed by atoms with Crippen LogP contribution < -0.4 is 0 Å². The van der Waals surface area contributed by atoms with Crippen LogP contribution in [0.4, 0.5) is 0 Å². The minimum Gasteiger partial charge on any atom is -0.481 e. The van der Waals surface area contributed by atoms with Gasteiger partial charge in [0.05, 0.1) is 6.42 Å². The molecule has 3 heteroatoms. The highest BCUT2D eigenvalue weighted by Crippen LogP contribution is 2.47. The highest BCUT2D eigenvalue weighted by Gasteiger charge is 2.41. The molecule has 112 valence electrons. The number of hydrogen-bond acceptors (Lipinski definition) is 2. The van der Waals surface area contributed by atoms with Gasteiger partial charge in [-0.25, -0.2) is 0 Å². The zero-order chi connectivity index (χ0) is 14.8. The molecule has 1 aliphatic rings. The van der Waals surface area contributed by atoms with Crippen LogP contribution in [0.3, 0.4) is 0 Å². The fourth-order valence-electron chi connectivity index (χ4n) is 4.32. The molecule has 1 N–H and O–H groups in total. The van der Waals surface area contributed by atoms with E-state index in [1.165, 1.54) is 19.3 Å². The van der Waals surface area contributed by atoms with Crippen molar-refractivity contribution in [1.29, 1.82) is 0 Å². The summed E-state index contributed by atoms with van der Waals surface area (Å²) in [5, 5.41) is 9.01. The van der Waals surface area contributed by atoms with Crippen molar-refractivity contribution in [2.75, 3.05) is 6.54 Å². The molecule has 1 atom stereocenters. The Morgan fingerprint density at radius 2 is 1.74 bits per heavy atom. The third-order valence-corrected chi connectivity index (χ3v) is 4.40. The smallest absolute Gasteiger partial charge is 0.304 e. The summed E-state index contributed by atoms with van der Waals surface area (Å²) < 4.78 is 0. The van der Waals surface area contributed by atoms with Gasteiger partial charge in [0.2, 0.25) is 0 Å². The van der Waals surface area contributed by atoms with Gasteiger partial charge in [0, 0.05) is 12.1 Å². The number of hydrogen-bond donors (Lipinski definition) is 1. The molecule has 0 heterocycles. The van der Waals surface area contributed by atoms with Crippen molar-refractivity contribution < 1.29 is 9.90 Å². The van der Waals surface area contributed by atoms with Gasteiger partial charge in [-0.15, -0.1) is 0 Å². The molecule has 1 rings (SSSR count). The standard InChI is InChI=1S/C16H31NO2/c1-7-17(12(2)8-14(18)19)13-9-15(3,4)11-16(5,6)10-13/h12-13H,7-11H2,1-6H3,(H,18,19). The second kappa shape index (κ2) is 5.82. The maximum atomic E-state index is 10.9. The predicted octanol–water partition coefficient (Wildman–Crippen LogP) is 3.78. The lowest BCUT2D eigenvalue weighted by molar-refractivity contribution is -0.138. The van der Waals surface area contributed by atoms with Crippen LogP contribution in [-0.2, 0) is 4.79 Å². The van der Waals surface area contributed by atoms with Crippen LogP contribution in [0.1, 0.15) is 67.2 Å². The summed E-state index contributed by atoms with van der Waals surface area (Å²) >= 11 is 0. The molecule has 0 saturated heterocycles. The molecule has 0 spiro atoms. The number of carbonyl (C=O) groups is 1. The molecule has 0 amide bonds. The van der Waals surface area contributed by atoms with Crippen molar-refractivity contribution in [3.63, 3.8) is 0 Å². The Morgan fingerprint density at radius 3 is 2.11 bits per heavy atom. The molecular formula is C16H31NO2. The molecule has 0 radical (unpaired) electrons. The van der Waals surface area contributed by atoms with Gasteiger partial charge in [0.15, 0.2) is 0 Å². The molecule has 0 aliphatic heterocycles. The van der Waals surface area contributed by atoms with Gasteiger partial charge in [-0.3, -0.25) is 9.69 Å². The second-order valence-corrected chi connectivity index (χ2v) is 7.84. The fraction of sp³-hybridized carbons (Fsp3) is 0.938. The Morgan fingerprint density at radius 1 is 1.26 bits per heavy atom. The Balaban J connectivity index is 2.82. The summed E-state index contributed by atoms with van der Waals surface area (Å²) in [4.78, 5) is 13.3. The third-order valence-electron chi connectivity index (χ3n) is 4.40. The van der Waals surface area contributed by atoms with E-state index in [4.69, 9.17) is 5.11 Å². The minimum atomic E-state index is -0.694. The van der Waals surface area contributed by atoms with Crippen molar-refractivity contribution in [3.8, 4) is 0 Å². The van der Waals surface area contributed by atoms with E-state index in [2.05, 4.69) is 39.5 Å². The molecule has 0 aromatic rings. The van der Waals surface area contributed by atoms with E-state index in [0.717, 1.165) is 6.54 Å². The molecule has 1 unspecified atom stereocenters. The monoisotopic (exact) mass is 269 g/mol. The van der Waals surface area contributed by atoms with E-state index in [1.807, 2.05) is 6.92 Å². The maximum absolute atomic E-state index is 10.9. The van der Waals surface area contributed by atoms with Crippen molar-refractivity contribution in [2.45, 2.75) is 79.3 Å². The fourth-order valence-corrected chi connectivity index (χ4v) is 4.32. The largest absolute Gasteiger partial charge is 0.481 e. The Hall–Kier alpha value is -0.570. The van der Waals surface area contributed by atoms with Crippen LogP contribution in [0.15, 0.2) is 0 Å². The normalized spacial score (nSPS) is 24.4. The average Bonchev–Trinajstić information content (AvgIpc) is 2.11. The van der Waals surface area contributed by atoms with Gasteiger partial charge in [-0.1, -0.05) is 34.6 Å². The predicted molar refractivity (Wildman–Crippen MR) is 79.3 cm³/mol. The number of carboxylic acid groups (broad SMARTS) is 1. The summed E-state index contributed by atoms with van der Waals surface area (Å²) in [7, 11) is 0. The molecule has 0 aromatic carbocycles. The van der Waals surface area contributed by atoms with Crippen LogP contribution in [0.5, 0.6) is 0 Å². The first kappa shape index (κ1) is 16.5. The highest BCUT2D eigenvalue weighted by atomic mass is 16.4. The van der Waals surface area contributed by atoms with Crippen LogP contribution >= 0.6 is 0 Å². The highest BCUT2D eigenvalue weighted by molar-refractivity contribution is 5.67. The van der Waals surface area contributed by atoms with Crippen molar-refractivity contribution in [1.82, 2.24) is 4.90 Å². The molecule has 0 bridgehead atoms. The van der Waals surface area contributed by atoms with Gasteiger partial charge in [-0.05, 0) is 43.6 Å². The number of rotatable bonds is 5. The summed E-state index contributed by atoms with van der Waals surface area (Å²) in [6.45, 7) is 14.5. The summed E-state index contributed by atoms with van der Waals surface area (Å²) in [6.07, 6.45) is 3.84. The third kappa shape index (κ3) is 4.79. The van der Waals surface area contributed by atoms with Gasteiger partial charge >= 0.3 is 5.97 Å². The first-order valence-corrected chi connectivity index (χ1v) is 7.54. The van der Waals surface area contributed by atoms with E-state index in [0.29, 0.717) is 16.9 Å². The second-order valence-electron chi connectivity index (χ2n) is 7.84. The zero-order valence-electron chi connectivity index (χ0n) is 13.5. The maximum Gasteiger partial charge on any atom is 0.304 e. The van der Waals surface area contributed by atoms with E-state index in [1.54, 1.807) is 0 Å². The van der Waals surface area contributed by atoms with Crippen LogP contribution in [-0.4, -0.2) is 34.6 Å². The van der Waals surface area contributed by atoms with E-state index < -0.39 is 5.97 Å². The lowest BCUT2D eigenvalue weighted by Crippen LogP contribution is -2.49. The topological polar surface area (TPSA) is 40.5 Å². The Bertz CT molecular complexity index is 307. The summed E-state index contributed by atoms with van der Waals surface area (Å²) in [5.41, 5.74) is 0.700. The number of aliphatic carboxylic acids is 1. The Labute approximate surface area is 118 Å². The van der Waals surface area contributed by atoms with Crippen molar-refractivity contribution in [2.24, 2.45) is 10.8 Å². The van der Waals surface area contributed by atoms with Crippen LogP contribution in [0.25, 0.3) is 0 Å². The molecular weight excluding hydrogens is 238 g/mol. The first-order chi connectivity index (χ1) is 8.56. The van der Waals surface area contributed by atoms with Crippen molar-refractivity contribution in [3.05, 3.63) is 0 Å². The van der Waals surface area contributed by atoms with Gasteiger partial charge in [-0.2, -0.15) is 0 Å². The molecule has 1 aliphatic carbocycles. The summed E-state index contributed by atoms with van der Waals surface area (Å²) in [5.74, 6) is -0.694. The molecule has 19 heavy (non-hydrogen) atoms. The van der Waals surface area contributed by atoms with E-state index >= 15 is 0 Å². The SMILES string of the molecule is CCN(C(C)CC(=O)O)C1CC(C)(C)CC(C)(C)C1. The van der Waals surface area contributed by atoms with Gasteiger partial charge in [0.25, 0.3) is 0 Å². The van der Waals surface area contributed by atoms with Crippen LogP contribution in [0, 0.1) is 10.8 Å². The number of carboxylic acids is 1. The number of nitrogens with zero attached hydrogens (tertiary/aromatic N) is 1. The average molecular weight is 269 g/mol. The zero-order valence-corrected chi connectivity index (χ0v) is 13.5. The van der Waals surface area contributed by atoms with E-state index in [-0.39, 0.29) is 12.5 Å². The summed E-state index contributed by atoms with van der Waals surface area (Å²) in [6, 6.07) is 0.635. The lowest BCUT2D eigenvalue weighted by atomic mass is 9.63. The van der Waals surface area contributed by atoms with Crippen LogP contribution in [0.2, 0.25) is 0 Å².